The van der Waals surface area contributed by atoms with E-state index in [1.54, 1.807) is 6.07 Å². The molecule has 0 aliphatic carbocycles. The molecule has 2 rings (SSSR count). The number of likely N-dealkylation sites (tertiary alicyclic amines) is 1. The highest BCUT2D eigenvalue weighted by atomic mass is 16.5. The Morgan fingerprint density at radius 3 is 3.10 bits per heavy atom. The second kappa shape index (κ2) is 7.36. The number of carbonyl (C=O) groups excluding carboxylic acids is 1. The van der Waals surface area contributed by atoms with Gasteiger partial charge in [0.05, 0.1) is 12.8 Å². The molecule has 1 aromatic rings. The Morgan fingerprint density at radius 1 is 1.50 bits per heavy atom. The summed E-state index contributed by atoms with van der Waals surface area (Å²) in [5.41, 5.74) is 1.31. The maximum atomic E-state index is 11.5. The number of likely N-dealkylation sites (N-methyl/N-ethyl adjacent to an activating group) is 1. The summed E-state index contributed by atoms with van der Waals surface area (Å²) in [4.78, 5) is 18.4. The second-order valence-electron chi connectivity index (χ2n) is 5.18. The molecule has 1 aliphatic heterocycles. The highest BCUT2D eigenvalue weighted by molar-refractivity contribution is 5.87. The molecule has 0 amide bonds. The van der Waals surface area contributed by atoms with Gasteiger partial charge in [-0.25, -0.2) is 9.78 Å². The van der Waals surface area contributed by atoms with Crippen molar-refractivity contribution < 1.29 is 9.53 Å². The van der Waals surface area contributed by atoms with Crippen LogP contribution in [-0.4, -0.2) is 49.1 Å². The molecule has 0 saturated carbocycles. The van der Waals surface area contributed by atoms with Gasteiger partial charge in [0.2, 0.25) is 0 Å². The third kappa shape index (κ3) is 3.77. The first-order valence-electron chi connectivity index (χ1n) is 7.17. The number of pyridine rings is 1. The second-order valence-corrected chi connectivity index (χ2v) is 5.18. The van der Waals surface area contributed by atoms with Crippen molar-refractivity contribution in [1.29, 1.82) is 0 Å². The minimum absolute atomic E-state index is 0.378. The summed E-state index contributed by atoms with van der Waals surface area (Å²) in [5.74, 6) is -0.378. The van der Waals surface area contributed by atoms with Crippen molar-refractivity contribution in [3.63, 3.8) is 0 Å². The Bertz CT molecular complexity index is 448. The van der Waals surface area contributed by atoms with Crippen LogP contribution in [0.5, 0.6) is 0 Å². The van der Waals surface area contributed by atoms with E-state index in [0.717, 1.165) is 25.3 Å². The van der Waals surface area contributed by atoms with Crippen LogP contribution in [0.3, 0.4) is 0 Å². The summed E-state index contributed by atoms with van der Waals surface area (Å²) in [6.45, 7) is 2.88. The summed E-state index contributed by atoms with van der Waals surface area (Å²) >= 11 is 0. The predicted octanol–water partition coefficient (Wildman–Crippen LogP) is 1.44. The molecule has 1 atom stereocenters. The summed E-state index contributed by atoms with van der Waals surface area (Å²) < 4.78 is 4.72. The van der Waals surface area contributed by atoms with E-state index in [1.807, 2.05) is 19.2 Å². The SMILES string of the molecule is CNCC1CCCCN1Cc1cccc(C(=O)OC)n1. The number of carbonyl (C=O) groups is 1. The van der Waals surface area contributed by atoms with E-state index in [2.05, 4.69) is 15.2 Å². The minimum Gasteiger partial charge on any atom is -0.464 e. The number of hydrogen-bond acceptors (Lipinski definition) is 5. The van der Waals surface area contributed by atoms with Crippen LogP contribution in [0.2, 0.25) is 0 Å². The van der Waals surface area contributed by atoms with Crippen molar-refractivity contribution in [2.24, 2.45) is 0 Å². The smallest absolute Gasteiger partial charge is 0.356 e. The number of nitrogens with one attached hydrogen (secondary N) is 1. The fourth-order valence-corrected chi connectivity index (χ4v) is 2.73. The van der Waals surface area contributed by atoms with Gasteiger partial charge in [0.25, 0.3) is 0 Å². The number of aromatic nitrogens is 1. The molecule has 5 nitrogen and oxygen atoms in total. The van der Waals surface area contributed by atoms with Crippen LogP contribution in [0.25, 0.3) is 0 Å². The molecular formula is C15H23N3O2. The van der Waals surface area contributed by atoms with Gasteiger partial charge in [0.15, 0.2) is 0 Å². The Labute approximate surface area is 120 Å². The van der Waals surface area contributed by atoms with Crippen LogP contribution in [0.4, 0.5) is 0 Å². The summed E-state index contributed by atoms with van der Waals surface area (Å²) in [7, 11) is 3.37. The molecule has 1 fully saturated rings. The first-order valence-corrected chi connectivity index (χ1v) is 7.17. The Kier molecular flexibility index (Phi) is 5.49. The van der Waals surface area contributed by atoms with Crippen LogP contribution < -0.4 is 5.32 Å². The van der Waals surface area contributed by atoms with Crippen molar-refractivity contribution in [2.75, 3.05) is 27.2 Å². The molecule has 0 radical (unpaired) electrons. The fraction of sp³-hybridized carbons (Fsp3) is 0.600. The first kappa shape index (κ1) is 14.9. The molecule has 5 heteroatoms. The molecule has 1 saturated heterocycles. The summed E-state index contributed by atoms with van der Waals surface area (Å²) in [5, 5.41) is 3.26. The molecule has 0 spiro atoms. The monoisotopic (exact) mass is 277 g/mol. The minimum atomic E-state index is -0.378. The van der Waals surface area contributed by atoms with Gasteiger partial charge in [-0.3, -0.25) is 4.90 Å². The number of ether oxygens (including phenoxy) is 1. The van der Waals surface area contributed by atoms with Crippen molar-refractivity contribution in [3.05, 3.63) is 29.6 Å². The maximum absolute atomic E-state index is 11.5. The number of piperidine rings is 1. The molecule has 0 bridgehead atoms. The Hall–Kier alpha value is -1.46. The zero-order valence-corrected chi connectivity index (χ0v) is 12.3. The molecular weight excluding hydrogens is 254 g/mol. The van der Waals surface area contributed by atoms with Crippen LogP contribution in [-0.2, 0) is 11.3 Å². The van der Waals surface area contributed by atoms with Gasteiger partial charge in [-0.1, -0.05) is 12.5 Å². The third-order valence-corrected chi connectivity index (χ3v) is 3.76. The van der Waals surface area contributed by atoms with Crippen molar-refractivity contribution >= 4 is 5.97 Å². The van der Waals surface area contributed by atoms with E-state index >= 15 is 0 Å². The number of hydrogen-bond donors (Lipinski definition) is 1. The number of methoxy groups -OCH3 is 1. The standard InChI is InChI=1S/C15H23N3O2/c1-16-10-13-7-3-4-9-18(13)11-12-6-5-8-14(17-12)15(19)20-2/h5-6,8,13,16H,3-4,7,9-11H2,1-2H3. The molecule has 1 aliphatic rings. The zero-order valence-electron chi connectivity index (χ0n) is 12.3. The van der Waals surface area contributed by atoms with E-state index in [4.69, 9.17) is 4.74 Å². The normalized spacial score (nSPS) is 19.8. The van der Waals surface area contributed by atoms with Crippen molar-refractivity contribution in [1.82, 2.24) is 15.2 Å². The molecule has 2 heterocycles. The number of esters is 1. The lowest BCUT2D eigenvalue weighted by atomic mass is 10.0. The van der Waals surface area contributed by atoms with E-state index < -0.39 is 0 Å². The first-order chi connectivity index (χ1) is 9.74. The average Bonchev–Trinajstić information content (AvgIpc) is 2.49. The lowest BCUT2D eigenvalue weighted by Crippen LogP contribution is -2.44. The van der Waals surface area contributed by atoms with E-state index in [1.165, 1.54) is 26.4 Å². The highest BCUT2D eigenvalue weighted by Gasteiger charge is 2.22. The number of nitrogens with zero attached hydrogens (tertiary/aromatic N) is 2. The molecule has 110 valence electrons. The van der Waals surface area contributed by atoms with E-state index in [9.17, 15) is 4.79 Å². The topological polar surface area (TPSA) is 54.5 Å². The van der Waals surface area contributed by atoms with Gasteiger partial charge in [-0.2, -0.15) is 0 Å². The fourth-order valence-electron chi connectivity index (χ4n) is 2.73. The quantitative estimate of drug-likeness (QED) is 0.825. The van der Waals surface area contributed by atoms with Crippen LogP contribution in [0.1, 0.15) is 35.4 Å². The van der Waals surface area contributed by atoms with Gasteiger partial charge in [-0.05, 0) is 38.6 Å². The summed E-state index contributed by atoms with van der Waals surface area (Å²) in [6, 6.07) is 6.08. The lowest BCUT2D eigenvalue weighted by Gasteiger charge is -2.35. The van der Waals surface area contributed by atoms with Crippen LogP contribution >= 0.6 is 0 Å². The summed E-state index contributed by atoms with van der Waals surface area (Å²) in [6.07, 6.45) is 3.74. The lowest BCUT2D eigenvalue weighted by molar-refractivity contribution is 0.0593. The van der Waals surface area contributed by atoms with Crippen molar-refractivity contribution in [2.45, 2.75) is 31.8 Å². The Balaban J connectivity index is 2.06. The molecule has 0 aromatic carbocycles. The average molecular weight is 277 g/mol. The highest BCUT2D eigenvalue weighted by Crippen LogP contribution is 2.18. The van der Waals surface area contributed by atoms with Crippen LogP contribution in [0, 0.1) is 0 Å². The molecule has 1 aromatic heterocycles. The van der Waals surface area contributed by atoms with Gasteiger partial charge in [0.1, 0.15) is 5.69 Å². The van der Waals surface area contributed by atoms with Gasteiger partial charge >= 0.3 is 5.97 Å². The van der Waals surface area contributed by atoms with Gasteiger partial charge in [-0.15, -0.1) is 0 Å². The van der Waals surface area contributed by atoms with Gasteiger partial charge in [0, 0.05) is 19.1 Å². The number of rotatable bonds is 5. The molecule has 1 N–H and O–H groups in total. The van der Waals surface area contributed by atoms with Gasteiger partial charge < -0.3 is 10.1 Å². The van der Waals surface area contributed by atoms with E-state index in [-0.39, 0.29) is 5.97 Å². The third-order valence-electron chi connectivity index (χ3n) is 3.76. The van der Waals surface area contributed by atoms with Crippen molar-refractivity contribution in [3.8, 4) is 0 Å². The molecule has 1 unspecified atom stereocenters. The van der Waals surface area contributed by atoms with E-state index in [0.29, 0.717) is 11.7 Å². The maximum Gasteiger partial charge on any atom is 0.356 e. The zero-order chi connectivity index (χ0) is 14.4. The largest absolute Gasteiger partial charge is 0.464 e. The van der Waals surface area contributed by atoms with Crippen LogP contribution in [0.15, 0.2) is 18.2 Å². The molecule has 20 heavy (non-hydrogen) atoms. The predicted molar refractivity (Wildman–Crippen MR) is 77.6 cm³/mol. The Morgan fingerprint density at radius 2 is 2.35 bits per heavy atom.